The van der Waals surface area contributed by atoms with E-state index in [9.17, 15) is 13.2 Å². The van der Waals surface area contributed by atoms with Gasteiger partial charge < -0.3 is 5.32 Å². The highest BCUT2D eigenvalue weighted by Gasteiger charge is 2.38. The van der Waals surface area contributed by atoms with E-state index in [2.05, 4.69) is 20.5 Å². The second-order valence-electron chi connectivity index (χ2n) is 3.96. The smallest absolute Gasteiger partial charge is 0.393 e. The van der Waals surface area contributed by atoms with Crippen molar-refractivity contribution in [2.24, 2.45) is 0 Å². The van der Waals surface area contributed by atoms with E-state index in [4.69, 9.17) is 5.41 Å². The third-order valence-electron chi connectivity index (χ3n) is 2.65. The molecular formula is C11H11F3N6. The first-order valence-electron chi connectivity index (χ1n) is 5.55. The Morgan fingerprint density at radius 2 is 2.15 bits per heavy atom. The van der Waals surface area contributed by atoms with Gasteiger partial charge in [0.1, 0.15) is 17.9 Å². The fourth-order valence-corrected chi connectivity index (χ4v) is 1.70. The number of aryl methyl sites for hydroxylation is 1. The van der Waals surface area contributed by atoms with Crippen molar-refractivity contribution in [2.75, 3.05) is 7.05 Å². The summed E-state index contributed by atoms with van der Waals surface area (Å²) < 4.78 is 39.7. The summed E-state index contributed by atoms with van der Waals surface area (Å²) >= 11 is 0. The predicted octanol–water partition coefficient (Wildman–Crippen LogP) is 1.58. The molecule has 0 radical (unpaired) electrons. The molecule has 0 saturated carbocycles. The molecule has 2 rings (SSSR count). The van der Waals surface area contributed by atoms with Crippen molar-refractivity contribution in [1.82, 2.24) is 24.9 Å². The molecule has 2 heterocycles. The number of fused-ring (bicyclic) bond motifs is 1. The van der Waals surface area contributed by atoms with Gasteiger partial charge in [0.25, 0.3) is 0 Å². The van der Waals surface area contributed by atoms with Crippen LogP contribution in [0.1, 0.15) is 11.4 Å². The van der Waals surface area contributed by atoms with E-state index in [-0.39, 0.29) is 16.8 Å². The number of hydrogen-bond donors (Lipinski definition) is 2. The molecule has 9 heteroatoms. The molecule has 2 aromatic heterocycles. The molecule has 0 amide bonds. The van der Waals surface area contributed by atoms with Gasteiger partial charge in [-0.3, -0.25) is 9.81 Å². The van der Waals surface area contributed by atoms with Gasteiger partial charge in [-0.25, -0.2) is 4.98 Å². The Kier molecular flexibility index (Phi) is 3.43. The van der Waals surface area contributed by atoms with Crippen molar-refractivity contribution < 1.29 is 13.2 Å². The number of allylic oxidation sites excluding steroid dienone is 1. The first-order chi connectivity index (χ1) is 9.36. The Balaban J connectivity index is 2.65. The number of aromatic nitrogens is 4. The molecule has 0 atom stereocenters. The van der Waals surface area contributed by atoms with Crippen molar-refractivity contribution in [2.45, 2.75) is 13.1 Å². The van der Waals surface area contributed by atoms with Crippen LogP contribution in [0.15, 0.2) is 18.7 Å². The van der Waals surface area contributed by atoms with Crippen LogP contribution in [-0.2, 0) is 0 Å². The summed E-state index contributed by atoms with van der Waals surface area (Å²) in [6.45, 7) is 1.68. The summed E-state index contributed by atoms with van der Waals surface area (Å²) in [4.78, 5) is 4.00. The van der Waals surface area contributed by atoms with Crippen LogP contribution in [0.2, 0.25) is 0 Å². The molecule has 0 saturated heterocycles. The number of nitrogens with one attached hydrogen (secondary N) is 2. The maximum atomic E-state index is 12.8. The second kappa shape index (κ2) is 4.91. The Morgan fingerprint density at radius 3 is 2.75 bits per heavy atom. The highest BCUT2D eigenvalue weighted by atomic mass is 19.4. The second-order valence-corrected chi connectivity index (χ2v) is 3.96. The first kappa shape index (κ1) is 14.0. The van der Waals surface area contributed by atoms with Crippen LogP contribution in [0.25, 0.3) is 11.2 Å². The highest BCUT2D eigenvalue weighted by molar-refractivity contribution is 6.26. The summed E-state index contributed by atoms with van der Waals surface area (Å²) in [5.41, 5.74) is -1.51. The normalized spacial score (nSPS) is 12.8. The average Bonchev–Trinajstić information content (AvgIpc) is 2.85. The first-order valence-corrected chi connectivity index (χ1v) is 5.55. The van der Waals surface area contributed by atoms with E-state index in [0.717, 1.165) is 6.20 Å². The van der Waals surface area contributed by atoms with E-state index in [1.165, 1.54) is 24.0 Å². The van der Waals surface area contributed by atoms with E-state index >= 15 is 0 Å². The molecule has 0 spiro atoms. The van der Waals surface area contributed by atoms with Gasteiger partial charge in [-0.2, -0.15) is 13.2 Å². The van der Waals surface area contributed by atoms with Gasteiger partial charge >= 0.3 is 6.18 Å². The Bertz CT molecular complexity index is 685. The monoisotopic (exact) mass is 284 g/mol. The number of halogens is 3. The zero-order valence-corrected chi connectivity index (χ0v) is 10.7. The summed E-state index contributed by atoms with van der Waals surface area (Å²) in [7, 11) is 1.45. The van der Waals surface area contributed by atoms with Crippen LogP contribution in [0.4, 0.5) is 13.2 Å². The lowest BCUT2D eigenvalue weighted by molar-refractivity contribution is -0.0578. The third kappa shape index (κ3) is 2.33. The summed E-state index contributed by atoms with van der Waals surface area (Å²) in [5.74, 6) is 0.538. The number of hydrogen-bond acceptors (Lipinski definition) is 5. The van der Waals surface area contributed by atoms with Crippen molar-refractivity contribution in [3.8, 4) is 0 Å². The largest absolute Gasteiger partial charge is 0.433 e. The molecule has 0 aliphatic carbocycles. The average molecular weight is 284 g/mol. The number of nitrogens with zero attached hydrogens (tertiary/aromatic N) is 4. The molecule has 0 aromatic carbocycles. The Morgan fingerprint density at radius 1 is 1.45 bits per heavy atom. The van der Waals surface area contributed by atoms with Gasteiger partial charge in [0, 0.05) is 30.6 Å². The molecule has 106 valence electrons. The standard InChI is InChI=1S/C11H11F3N6/c1-6-17-4-8(10-19-18-5-20(6)10)7(3-16-2)9(15)11(12,13)14/h3-5,15-16H,1-2H3/b7-3-,15-9?. The highest BCUT2D eigenvalue weighted by Crippen LogP contribution is 2.28. The SMILES string of the molecule is CN/C=C(\C(=N)C(F)(F)F)c1cnc(C)n2cnnc12. The fraction of sp³-hybridized carbons (Fsp3) is 0.273. The predicted molar refractivity (Wildman–Crippen MR) is 66.3 cm³/mol. The van der Waals surface area contributed by atoms with Crippen LogP contribution in [0.5, 0.6) is 0 Å². The Hall–Kier alpha value is -2.45. The quantitative estimate of drug-likeness (QED) is 0.839. The van der Waals surface area contributed by atoms with Gasteiger partial charge in [0.05, 0.1) is 0 Å². The molecule has 2 N–H and O–H groups in total. The minimum Gasteiger partial charge on any atom is -0.393 e. The Labute approximate surface area is 111 Å². The molecule has 0 unspecified atom stereocenters. The van der Waals surface area contributed by atoms with Crippen LogP contribution in [-0.4, -0.2) is 38.5 Å². The maximum absolute atomic E-state index is 12.8. The molecule has 0 fully saturated rings. The zero-order valence-electron chi connectivity index (χ0n) is 10.7. The van der Waals surface area contributed by atoms with Gasteiger partial charge in [-0.05, 0) is 6.92 Å². The molecule has 2 aromatic rings. The number of alkyl halides is 3. The van der Waals surface area contributed by atoms with E-state index in [0.29, 0.717) is 5.82 Å². The van der Waals surface area contributed by atoms with Crippen LogP contribution in [0, 0.1) is 12.3 Å². The third-order valence-corrected chi connectivity index (χ3v) is 2.65. The number of rotatable bonds is 3. The van der Waals surface area contributed by atoms with Gasteiger partial charge in [0.15, 0.2) is 5.65 Å². The summed E-state index contributed by atoms with van der Waals surface area (Å²) in [5, 5.41) is 17.3. The van der Waals surface area contributed by atoms with Crippen molar-refractivity contribution in [3.63, 3.8) is 0 Å². The molecule has 0 bridgehead atoms. The van der Waals surface area contributed by atoms with E-state index in [1.807, 2.05) is 0 Å². The van der Waals surface area contributed by atoms with Crippen LogP contribution < -0.4 is 5.32 Å². The lowest BCUT2D eigenvalue weighted by Crippen LogP contribution is -2.24. The molecule has 6 nitrogen and oxygen atoms in total. The summed E-state index contributed by atoms with van der Waals surface area (Å²) in [6.07, 6.45) is -1.06. The summed E-state index contributed by atoms with van der Waals surface area (Å²) in [6, 6.07) is 0. The van der Waals surface area contributed by atoms with Gasteiger partial charge in [-0.1, -0.05) is 0 Å². The van der Waals surface area contributed by atoms with Crippen LogP contribution in [0.3, 0.4) is 0 Å². The van der Waals surface area contributed by atoms with Crippen LogP contribution >= 0.6 is 0 Å². The fourth-order valence-electron chi connectivity index (χ4n) is 1.70. The van der Waals surface area contributed by atoms with Gasteiger partial charge in [-0.15, -0.1) is 10.2 Å². The van der Waals surface area contributed by atoms with Crippen molar-refractivity contribution in [1.29, 1.82) is 5.41 Å². The van der Waals surface area contributed by atoms with Gasteiger partial charge in [0.2, 0.25) is 0 Å². The molecule has 0 aliphatic heterocycles. The zero-order chi connectivity index (χ0) is 14.9. The lowest BCUT2D eigenvalue weighted by atomic mass is 10.0. The molecule has 20 heavy (non-hydrogen) atoms. The maximum Gasteiger partial charge on any atom is 0.433 e. The molecular weight excluding hydrogens is 273 g/mol. The molecule has 0 aliphatic rings. The topological polar surface area (TPSA) is 79.0 Å². The minimum absolute atomic E-state index is 0.0878. The minimum atomic E-state index is -4.76. The van der Waals surface area contributed by atoms with Crippen molar-refractivity contribution in [3.05, 3.63) is 30.1 Å². The lowest BCUT2D eigenvalue weighted by Gasteiger charge is -2.13. The van der Waals surface area contributed by atoms with E-state index < -0.39 is 11.9 Å². The van der Waals surface area contributed by atoms with Crippen molar-refractivity contribution >= 4 is 16.9 Å². The van der Waals surface area contributed by atoms with E-state index in [1.54, 1.807) is 6.92 Å².